The van der Waals surface area contributed by atoms with Crippen molar-refractivity contribution in [2.45, 2.75) is 25.4 Å². The first-order valence-corrected chi connectivity index (χ1v) is 6.91. The maximum atomic E-state index is 11.2. The Morgan fingerprint density at radius 3 is 2.62 bits per heavy atom. The Labute approximate surface area is 123 Å². The number of methoxy groups -OCH3 is 2. The second kappa shape index (κ2) is 7.12. The number of nitrogens with zero attached hydrogens (tertiary/aromatic N) is 1. The number of anilines is 1. The van der Waals surface area contributed by atoms with Crippen LogP contribution in [0.3, 0.4) is 0 Å². The molecule has 0 amide bonds. The highest BCUT2D eigenvalue weighted by Gasteiger charge is 2.21. The molecule has 7 nitrogen and oxygen atoms in total. The van der Waals surface area contributed by atoms with E-state index >= 15 is 0 Å². The van der Waals surface area contributed by atoms with Gasteiger partial charge in [-0.25, -0.2) is 0 Å². The molecule has 0 aromatic heterocycles. The van der Waals surface area contributed by atoms with Crippen LogP contribution in [0.4, 0.5) is 11.4 Å². The molecular weight excluding hydrogens is 276 g/mol. The van der Waals surface area contributed by atoms with E-state index < -0.39 is 4.92 Å². The van der Waals surface area contributed by atoms with Gasteiger partial charge in [-0.05, 0) is 19.3 Å². The fourth-order valence-electron chi connectivity index (χ4n) is 2.35. The smallest absolute Gasteiger partial charge is 0.296 e. The van der Waals surface area contributed by atoms with Gasteiger partial charge >= 0.3 is 0 Å². The van der Waals surface area contributed by atoms with E-state index in [0.717, 1.165) is 25.9 Å². The number of nitro groups is 1. The third-order valence-electron chi connectivity index (χ3n) is 3.49. The lowest BCUT2D eigenvalue weighted by atomic mass is 10.1. The van der Waals surface area contributed by atoms with Crippen LogP contribution in [0.1, 0.15) is 19.3 Å². The van der Waals surface area contributed by atoms with Gasteiger partial charge in [0.25, 0.3) is 5.69 Å². The van der Waals surface area contributed by atoms with E-state index in [0.29, 0.717) is 23.7 Å². The molecule has 1 aromatic rings. The zero-order chi connectivity index (χ0) is 15.2. The summed E-state index contributed by atoms with van der Waals surface area (Å²) < 4.78 is 15.9. The average Bonchev–Trinajstić information content (AvgIpc) is 2.52. The first kappa shape index (κ1) is 15.4. The van der Waals surface area contributed by atoms with E-state index in [2.05, 4.69) is 5.32 Å². The molecule has 1 fully saturated rings. The Balaban J connectivity index is 2.17. The minimum Gasteiger partial charge on any atom is -0.493 e. The van der Waals surface area contributed by atoms with E-state index in [1.807, 2.05) is 0 Å². The molecule has 1 aromatic carbocycles. The van der Waals surface area contributed by atoms with E-state index in [1.165, 1.54) is 20.3 Å². The second-order valence-corrected chi connectivity index (χ2v) is 4.85. The molecule has 1 aliphatic heterocycles. The van der Waals surface area contributed by atoms with Crippen LogP contribution in [0.2, 0.25) is 0 Å². The summed E-state index contributed by atoms with van der Waals surface area (Å²) in [6.45, 7) is 1.29. The van der Waals surface area contributed by atoms with Crippen LogP contribution in [0.5, 0.6) is 11.5 Å². The number of benzene rings is 1. The summed E-state index contributed by atoms with van der Waals surface area (Å²) in [5.41, 5.74) is 0.371. The van der Waals surface area contributed by atoms with Crippen molar-refractivity contribution in [3.63, 3.8) is 0 Å². The normalized spacial score (nSPS) is 18.1. The van der Waals surface area contributed by atoms with Gasteiger partial charge in [0.15, 0.2) is 11.5 Å². The Hall–Kier alpha value is -2.02. The van der Waals surface area contributed by atoms with Gasteiger partial charge in [0.1, 0.15) is 5.69 Å². The molecule has 1 saturated heterocycles. The van der Waals surface area contributed by atoms with Gasteiger partial charge in [-0.3, -0.25) is 10.1 Å². The molecule has 0 bridgehead atoms. The molecule has 0 spiro atoms. The zero-order valence-corrected chi connectivity index (χ0v) is 12.3. The highest BCUT2D eigenvalue weighted by molar-refractivity contribution is 5.68. The first-order valence-electron chi connectivity index (χ1n) is 6.91. The van der Waals surface area contributed by atoms with Crippen molar-refractivity contribution in [1.82, 2.24) is 0 Å². The van der Waals surface area contributed by atoms with Crippen LogP contribution in [0, 0.1) is 10.1 Å². The quantitative estimate of drug-likeness (QED) is 0.641. The summed E-state index contributed by atoms with van der Waals surface area (Å²) in [4.78, 5) is 10.7. The lowest BCUT2D eigenvalue weighted by molar-refractivity contribution is -0.384. The van der Waals surface area contributed by atoms with Gasteiger partial charge in [0.05, 0.1) is 31.3 Å². The van der Waals surface area contributed by atoms with Gasteiger partial charge in [-0.15, -0.1) is 0 Å². The monoisotopic (exact) mass is 296 g/mol. The van der Waals surface area contributed by atoms with E-state index in [4.69, 9.17) is 14.2 Å². The Kier molecular flexibility index (Phi) is 5.21. The molecule has 116 valence electrons. The predicted molar refractivity (Wildman–Crippen MR) is 78.3 cm³/mol. The number of hydrogen-bond acceptors (Lipinski definition) is 6. The summed E-state index contributed by atoms with van der Waals surface area (Å²) in [6.07, 6.45) is 3.26. The van der Waals surface area contributed by atoms with Crippen LogP contribution >= 0.6 is 0 Å². The highest BCUT2D eigenvalue weighted by Crippen LogP contribution is 2.37. The van der Waals surface area contributed by atoms with Gasteiger partial charge < -0.3 is 19.5 Å². The van der Waals surface area contributed by atoms with Crippen molar-refractivity contribution < 1.29 is 19.1 Å². The predicted octanol–water partition coefficient (Wildman–Crippen LogP) is 2.59. The SMILES string of the molecule is COc1cc(NCC2CCCCO2)c([N+](=O)[O-])cc1OC. The molecule has 0 saturated carbocycles. The maximum Gasteiger partial charge on any atom is 0.296 e. The lowest BCUT2D eigenvalue weighted by Crippen LogP contribution is -2.27. The van der Waals surface area contributed by atoms with Crippen LogP contribution < -0.4 is 14.8 Å². The standard InChI is InChI=1S/C14H20N2O5/c1-19-13-7-11(12(16(17)18)8-14(13)20-2)15-9-10-5-3-4-6-21-10/h7-8,10,15H,3-6,9H2,1-2H3. The third kappa shape index (κ3) is 3.75. The van der Waals surface area contributed by atoms with Crippen molar-refractivity contribution in [2.75, 3.05) is 32.7 Å². The van der Waals surface area contributed by atoms with Crippen molar-refractivity contribution in [2.24, 2.45) is 0 Å². The number of nitrogens with one attached hydrogen (secondary N) is 1. The van der Waals surface area contributed by atoms with Crippen molar-refractivity contribution in [3.8, 4) is 11.5 Å². The van der Waals surface area contributed by atoms with Gasteiger partial charge in [-0.2, -0.15) is 0 Å². The zero-order valence-electron chi connectivity index (χ0n) is 12.3. The average molecular weight is 296 g/mol. The number of nitro benzene ring substituents is 1. The Morgan fingerprint density at radius 2 is 2.05 bits per heavy atom. The molecule has 1 unspecified atom stereocenters. The topological polar surface area (TPSA) is 82.9 Å². The van der Waals surface area contributed by atoms with Crippen LogP contribution in [-0.4, -0.2) is 38.4 Å². The largest absolute Gasteiger partial charge is 0.493 e. The summed E-state index contributed by atoms with van der Waals surface area (Å²) in [6, 6.07) is 2.95. The van der Waals surface area contributed by atoms with Gasteiger partial charge in [-0.1, -0.05) is 0 Å². The van der Waals surface area contributed by atoms with E-state index in [9.17, 15) is 10.1 Å². The lowest BCUT2D eigenvalue weighted by Gasteiger charge is -2.23. The highest BCUT2D eigenvalue weighted by atomic mass is 16.6. The first-order chi connectivity index (χ1) is 10.2. The Bertz CT molecular complexity index is 500. The molecular formula is C14H20N2O5. The number of hydrogen-bond donors (Lipinski definition) is 1. The van der Waals surface area contributed by atoms with Gasteiger partial charge in [0, 0.05) is 19.2 Å². The van der Waals surface area contributed by atoms with Crippen LogP contribution in [-0.2, 0) is 4.74 Å². The second-order valence-electron chi connectivity index (χ2n) is 4.85. The van der Waals surface area contributed by atoms with Crippen LogP contribution in [0.15, 0.2) is 12.1 Å². The minimum absolute atomic E-state index is 0.0385. The van der Waals surface area contributed by atoms with Crippen molar-refractivity contribution >= 4 is 11.4 Å². The molecule has 0 radical (unpaired) electrons. The van der Waals surface area contributed by atoms with Crippen LogP contribution in [0.25, 0.3) is 0 Å². The maximum absolute atomic E-state index is 11.2. The summed E-state index contributed by atoms with van der Waals surface area (Å²) >= 11 is 0. The molecule has 1 atom stereocenters. The van der Waals surface area contributed by atoms with E-state index in [-0.39, 0.29) is 11.8 Å². The Morgan fingerprint density at radius 1 is 1.33 bits per heavy atom. The molecule has 7 heteroatoms. The molecule has 21 heavy (non-hydrogen) atoms. The molecule has 0 aliphatic carbocycles. The third-order valence-corrected chi connectivity index (χ3v) is 3.49. The summed E-state index contributed by atoms with van der Waals surface area (Å²) in [5.74, 6) is 0.791. The molecule has 2 rings (SSSR count). The number of ether oxygens (including phenoxy) is 3. The summed E-state index contributed by atoms with van der Waals surface area (Å²) in [5, 5.41) is 14.3. The van der Waals surface area contributed by atoms with E-state index in [1.54, 1.807) is 6.07 Å². The molecule has 1 aliphatic rings. The fourth-order valence-corrected chi connectivity index (χ4v) is 2.35. The summed E-state index contributed by atoms with van der Waals surface area (Å²) in [7, 11) is 2.95. The van der Waals surface area contributed by atoms with Crippen molar-refractivity contribution in [1.29, 1.82) is 0 Å². The molecule has 1 heterocycles. The number of rotatable bonds is 6. The fraction of sp³-hybridized carbons (Fsp3) is 0.571. The minimum atomic E-state index is -0.438. The van der Waals surface area contributed by atoms with Gasteiger partial charge in [0.2, 0.25) is 0 Å². The van der Waals surface area contributed by atoms with Crippen molar-refractivity contribution in [3.05, 3.63) is 22.2 Å². The molecule has 1 N–H and O–H groups in total.